The number of amides is 9. The molecule has 4 aliphatic rings. The highest BCUT2D eigenvalue weighted by atomic mass is 19.1. The van der Waals surface area contributed by atoms with Crippen LogP contribution >= 0.6 is 0 Å². The van der Waals surface area contributed by atoms with Gasteiger partial charge >= 0.3 is 36.2 Å². The average Bonchev–Trinajstić information content (AvgIpc) is 1.22. The van der Waals surface area contributed by atoms with Gasteiger partial charge in [-0.25, -0.2) is 37.5 Å². The molecule has 118 heavy (non-hydrogen) atoms. The quantitative estimate of drug-likeness (QED) is 0.0217. The van der Waals surface area contributed by atoms with Crippen LogP contribution in [0.2, 0.25) is 0 Å². The Balaban J connectivity index is 0.000000253. The summed E-state index contributed by atoms with van der Waals surface area (Å²) in [5.74, 6) is -5.63. The van der Waals surface area contributed by atoms with Crippen LogP contribution in [0.25, 0.3) is 21.5 Å². The largest absolute Gasteiger partial charge is 0.480 e. The molecule has 4 fully saturated rings. The molecule has 9 amide bonds. The monoisotopic (exact) mass is 1640 g/mol. The second-order valence-electron chi connectivity index (χ2n) is 35.1. The molecule has 2 saturated carbocycles. The number of carboxylic acids is 1. The van der Waals surface area contributed by atoms with E-state index >= 15 is 0 Å². The predicted molar refractivity (Wildman–Crippen MR) is 438 cm³/mol. The molecule has 0 radical (unpaired) electrons. The topological polar surface area (TPSA) is 344 Å². The Morgan fingerprint density at radius 1 is 0.415 bits per heavy atom. The number of rotatable bonds is 26. The molecule has 0 spiro atoms. The molecule has 2 aliphatic heterocycles. The van der Waals surface area contributed by atoms with Crippen LogP contribution in [0.5, 0.6) is 0 Å². The normalized spacial score (nSPS) is 17.0. The second-order valence-corrected chi connectivity index (χ2v) is 35.1. The molecule has 6 N–H and O–H groups in total. The molecule has 0 bridgehead atoms. The maximum atomic E-state index is 14.5. The molecule has 6 aromatic rings. The zero-order valence-corrected chi connectivity index (χ0v) is 70.7. The molecule has 0 unspecified atom stereocenters. The van der Waals surface area contributed by atoms with E-state index in [1.807, 2.05) is 84.9 Å². The molecule has 2 heterocycles. The van der Waals surface area contributed by atoms with Crippen molar-refractivity contribution in [1.29, 1.82) is 0 Å². The van der Waals surface area contributed by atoms with Crippen LogP contribution in [0.3, 0.4) is 0 Å². The Morgan fingerprint density at radius 2 is 0.720 bits per heavy atom. The Morgan fingerprint density at radius 3 is 1.02 bits per heavy atom. The van der Waals surface area contributed by atoms with E-state index in [0.717, 1.165) is 58.4 Å². The van der Waals surface area contributed by atoms with Gasteiger partial charge in [-0.3, -0.25) is 28.8 Å². The van der Waals surface area contributed by atoms with Crippen LogP contribution in [-0.2, 0) is 92.5 Å². The molecule has 27 nitrogen and oxygen atoms in total. The number of hydrogen-bond donors (Lipinski definition) is 6. The molecule has 0 aromatic heterocycles. The van der Waals surface area contributed by atoms with E-state index in [0.29, 0.717) is 24.0 Å². The summed E-state index contributed by atoms with van der Waals surface area (Å²) in [6.07, 6.45) is 2.64. The van der Waals surface area contributed by atoms with E-state index in [1.165, 1.54) is 124 Å². The maximum absolute atomic E-state index is 14.5. The van der Waals surface area contributed by atoms with Crippen LogP contribution in [-0.4, -0.2) is 206 Å². The first-order chi connectivity index (χ1) is 55.1. The third-order valence-electron chi connectivity index (χ3n) is 20.3. The van der Waals surface area contributed by atoms with Crippen LogP contribution in [0, 0.1) is 23.5 Å². The molecule has 6 atom stereocenters. The number of alkyl carbamates (subject to hydrolysis) is 3. The van der Waals surface area contributed by atoms with Crippen LogP contribution in [0.15, 0.2) is 133 Å². The number of piperazine rings is 2. The van der Waals surface area contributed by atoms with Gasteiger partial charge in [-0.1, -0.05) is 135 Å². The summed E-state index contributed by atoms with van der Waals surface area (Å²) in [4.78, 5) is 165. The number of esters is 2. The zero-order chi connectivity index (χ0) is 87.2. The van der Waals surface area contributed by atoms with Gasteiger partial charge in [0.25, 0.3) is 0 Å². The lowest BCUT2D eigenvalue weighted by Gasteiger charge is -2.44. The first-order valence-corrected chi connectivity index (χ1v) is 39.8. The van der Waals surface area contributed by atoms with Gasteiger partial charge in [0.15, 0.2) is 0 Å². The van der Waals surface area contributed by atoms with Crippen molar-refractivity contribution in [1.82, 2.24) is 46.2 Å². The third kappa shape index (κ3) is 26.9. The summed E-state index contributed by atoms with van der Waals surface area (Å²) in [5.41, 5.74) is -3.61. The highest BCUT2D eigenvalue weighted by Crippen LogP contribution is 2.39. The van der Waals surface area contributed by atoms with Crippen LogP contribution in [0.4, 0.5) is 23.2 Å². The summed E-state index contributed by atoms with van der Waals surface area (Å²) in [6.45, 7) is 24.5. The Labute approximate surface area is 688 Å². The molecule has 2 saturated heterocycles. The summed E-state index contributed by atoms with van der Waals surface area (Å²) >= 11 is 0. The maximum Gasteiger partial charge on any atom is 0.408 e. The van der Waals surface area contributed by atoms with Gasteiger partial charge in [0.2, 0.25) is 35.4 Å². The smallest absolute Gasteiger partial charge is 0.408 e. The number of halogens is 2. The number of carbonyl (C=O) groups excluding carboxylic acids is 11. The van der Waals surface area contributed by atoms with E-state index in [-0.39, 0.29) is 75.5 Å². The van der Waals surface area contributed by atoms with E-state index < -0.39 is 141 Å². The van der Waals surface area contributed by atoms with Gasteiger partial charge < -0.3 is 75.0 Å². The minimum Gasteiger partial charge on any atom is -0.480 e. The standard InChI is InChI=1S/2C40H49FN4O7.C9H17NO4/c2*1-39(2,3)52-38(50)43-40(4,5)37(49)42-31(22-25-14-17-30(41)18-15-25)34(46)44-19-20-45(35(47)32(44)23-26-11-12-26)33(36(48)51-6)24-27-13-16-28-9-7-8-10-29(28)21-27;1-8(2,3)14-7(13)10-9(4,5)6(11)12/h2*7-10,13-18,21,26,31-33H,11-12,19-20,22-24H2,1-6H3,(H,42,49)(H,43,50);1-5H3,(H,10,13)(H,11,12)/t2*31-,32+,33+;/m11./s1. The van der Waals surface area contributed by atoms with Crippen molar-refractivity contribution in [2.45, 2.75) is 238 Å². The van der Waals surface area contributed by atoms with Crippen LogP contribution in [0.1, 0.15) is 165 Å². The Bertz CT molecular complexity index is 4360. The fourth-order valence-corrected chi connectivity index (χ4v) is 13.7. The number of benzene rings is 6. The summed E-state index contributed by atoms with van der Waals surface area (Å²) in [7, 11) is 2.59. The van der Waals surface area contributed by atoms with Gasteiger partial charge in [-0.15, -0.1) is 0 Å². The van der Waals surface area contributed by atoms with Crippen molar-refractivity contribution in [3.63, 3.8) is 0 Å². The number of hydrogen-bond acceptors (Lipinski definition) is 17. The van der Waals surface area contributed by atoms with Gasteiger partial charge in [0, 0.05) is 51.9 Å². The fraction of sp³-hybridized carbons (Fsp3) is 0.506. The highest BCUT2D eigenvalue weighted by molar-refractivity contribution is 5.99. The van der Waals surface area contributed by atoms with Crippen LogP contribution < -0.4 is 26.6 Å². The molecule has 2 aliphatic carbocycles. The molecule has 6 aromatic carbocycles. The summed E-state index contributed by atoms with van der Waals surface area (Å²) < 4.78 is 53.6. The van der Waals surface area contributed by atoms with E-state index in [4.69, 9.17) is 28.8 Å². The predicted octanol–water partition coefficient (Wildman–Crippen LogP) is 11.2. The van der Waals surface area contributed by atoms with Crippen molar-refractivity contribution < 1.29 is 95.1 Å². The summed E-state index contributed by atoms with van der Waals surface area (Å²) in [6, 6.07) is 32.9. The van der Waals surface area contributed by atoms with Crippen molar-refractivity contribution >= 4 is 93.2 Å². The molecule has 29 heteroatoms. The number of nitrogens with zero attached hydrogens (tertiary/aromatic N) is 4. The number of methoxy groups -OCH3 is 2. The first kappa shape index (κ1) is 92.3. The Kier molecular flexibility index (Phi) is 30.4. The van der Waals surface area contributed by atoms with E-state index in [1.54, 1.807) is 62.3 Å². The number of aliphatic carboxylic acids is 1. The minimum atomic E-state index is -1.48. The Hall–Kier alpha value is -11.3. The molecular formula is C89H115F2N9O18. The zero-order valence-electron chi connectivity index (χ0n) is 70.7. The van der Waals surface area contributed by atoms with E-state index in [9.17, 15) is 66.3 Å². The van der Waals surface area contributed by atoms with Crippen molar-refractivity contribution in [2.75, 3.05) is 40.4 Å². The van der Waals surface area contributed by atoms with Crippen molar-refractivity contribution in [2.24, 2.45) is 11.8 Å². The van der Waals surface area contributed by atoms with Gasteiger partial charge in [0.1, 0.15) is 81.3 Å². The summed E-state index contributed by atoms with van der Waals surface area (Å²) in [5, 5.41) is 25.9. The molecule has 638 valence electrons. The van der Waals surface area contributed by atoms with E-state index in [2.05, 4.69) is 26.6 Å². The fourth-order valence-electron chi connectivity index (χ4n) is 13.7. The van der Waals surface area contributed by atoms with Crippen molar-refractivity contribution in [3.8, 4) is 0 Å². The number of fused-ring (bicyclic) bond motifs is 2. The average molecular weight is 1640 g/mol. The number of carbonyl (C=O) groups is 12. The molecule has 10 rings (SSSR count). The number of nitrogens with one attached hydrogen (secondary N) is 5. The van der Waals surface area contributed by atoms with Gasteiger partial charge in [-0.05, 0) is 197 Å². The number of ether oxygens (including phenoxy) is 5. The minimum absolute atomic E-state index is 0.00464. The number of carboxylic acid groups (broad SMARTS) is 1. The third-order valence-corrected chi connectivity index (χ3v) is 20.3. The lowest BCUT2D eigenvalue weighted by molar-refractivity contribution is -0.162. The second kappa shape index (κ2) is 38.9. The SMILES string of the molecule is CC(C)(C)OC(=O)NC(C)(C)C(=O)O.COC(=O)[C@H](Cc1ccc2ccccc2c1)N1CCN(C(=O)[C@@H](Cc2ccc(F)cc2)NC(=O)C(C)(C)NC(=O)OC(C)(C)C)[C@@H](CC2CC2)C1=O.COC(=O)[C@H](Cc1ccc2ccccc2c1)N1CCN(C(=O)[C@@H](Cc2ccc(F)cc2)NC(=O)C(C)(C)NC(=O)OC(C)(C)C)[C@@H](CC2CC2)C1=O. The van der Waals surface area contributed by atoms with Crippen molar-refractivity contribution in [3.05, 3.63) is 167 Å². The highest BCUT2D eigenvalue weighted by Gasteiger charge is 2.49. The molecular weight excluding hydrogens is 1520 g/mol. The van der Waals surface area contributed by atoms with Gasteiger partial charge in [0.05, 0.1) is 14.2 Å². The lowest BCUT2D eigenvalue weighted by atomic mass is 9.96. The van der Waals surface area contributed by atoms with Gasteiger partial charge in [-0.2, -0.15) is 0 Å². The lowest BCUT2D eigenvalue weighted by Crippen LogP contribution is -2.66. The first-order valence-electron chi connectivity index (χ1n) is 39.8.